The SMILES string of the molecule is CC/C=C\CC(C)/C=C/C=C\C/C=C\C=C\C(C)CCCCCC(=O)O. The fourth-order valence-corrected chi connectivity index (χ4v) is 2.47. The Balaban J connectivity index is 3.76. The summed E-state index contributed by atoms with van der Waals surface area (Å²) in [5.74, 6) is 0.448. The molecule has 0 saturated heterocycles. The van der Waals surface area contributed by atoms with Gasteiger partial charge in [-0.3, -0.25) is 4.79 Å². The molecular weight excluding hydrogens is 320 g/mol. The number of unbranched alkanes of at least 4 members (excludes halogenated alkanes) is 2. The van der Waals surface area contributed by atoms with Crippen molar-refractivity contribution in [2.24, 2.45) is 11.8 Å². The first kappa shape index (κ1) is 24.2. The van der Waals surface area contributed by atoms with Gasteiger partial charge < -0.3 is 5.11 Å². The third-order valence-electron chi connectivity index (χ3n) is 4.11. The maximum absolute atomic E-state index is 10.4. The van der Waals surface area contributed by atoms with E-state index in [9.17, 15) is 4.79 Å². The molecule has 0 aliphatic heterocycles. The minimum absolute atomic E-state index is 0.296. The molecule has 0 aromatic carbocycles. The summed E-state index contributed by atoms with van der Waals surface area (Å²) in [6, 6.07) is 0. The van der Waals surface area contributed by atoms with Crippen LogP contribution in [0.3, 0.4) is 0 Å². The smallest absolute Gasteiger partial charge is 0.303 e. The van der Waals surface area contributed by atoms with E-state index in [1.165, 1.54) is 0 Å². The number of rotatable bonds is 15. The Hall–Kier alpha value is -1.83. The second kappa shape index (κ2) is 18.0. The highest BCUT2D eigenvalue weighted by Gasteiger charge is 1.99. The van der Waals surface area contributed by atoms with E-state index in [-0.39, 0.29) is 0 Å². The predicted octanol–water partition coefficient (Wildman–Crippen LogP) is 7.26. The Morgan fingerprint density at radius 2 is 1.50 bits per heavy atom. The zero-order valence-corrected chi connectivity index (χ0v) is 16.9. The molecule has 2 atom stereocenters. The Kier molecular flexibility index (Phi) is 16.7. The van der Waals surface area contributed by atoms with Crippen molar-refractivity contribution < 1.29 is 9.90 Å². The van der Waals surface area contributed by atoms with Crippen molar-refractivity contribution in [1.82, 2.24) is 0 Å². The first-order chi connectivity index (χ1) is 12.6. The lowest BCUT2D eigenvalue weighted by atomic mass is 10.0. The topological polar surface area (TPSA) is 37.3 Å². The molecule has 2 nitrogen and oxygen atoms in total. The molecule has 0 fully saturated rings. The van der Waals surface area contributed by atoms with E-state index >= 15 is 0 Å². The first-order valence-electron chi connectivity index (χ1n) is 10.1. The Morgan fingerprint density at radius 1 is 0.846 bits per heavy atom. The average Bonchev–Trinajstić information content (AvgIpc) is 2.60. The van der Waals surface area contributed by atoms with Crippen LogP contribution in [-0.2, 0) is 4.79 Å². The van der Waals surface area contributed by atoms with Crippen molar-refractivity contribution in [3.63, 3.8) is 0 Å². The maximum Gasteiger partial charge on any atom is 0.303 e. The molecule has 0 aliphatic carbocycles. The molecule has 0 heterocycles. The summed E-state index contributed by atoms with van der Waals surface area (Å²) < 4.78 is 0. The second-order valence-corrected chi connectivity index (χ2v) is 6.92. The van der Waals surface area contributed by atoms with E-state index in [4.69, 9.17) is 5.11 Å². The van der Waals surface area contributed by atoms with Crippen LogP contribution in [0, 0.1) is 11.8 Å². The van der Waals surface area contributed by atoms with Crippen LogP contribution in [0.1, 0.15) is 72.1 Å². The highest BCUT2D eigenvalue weighted by molar-refractivity contribution is 5.66. The van der Waals surface area contributed by atoms with Crippen LogP contribution in [0.5, 0.6) is 0 Å². The van der Waals surface area contributed by atoms with Gasteiger partial charge in [-0.1, -0.05) is 94.4 Å². The maximum atomic E-state index is 10.4. The normalized spacial score (nSPS) is 15.2. The third kappa shape index (κ3) is 18.5. The summed E-state index contributed by atoms with van der Waals surface area (Å²) in [6.07, 6.45) is 29.3. The molecule has 1 N–H and O–H groups in total. The van der Waals surface area contributed by atoms with Crippen LogP contribution < -0.4 is 0 Å². The molecule has 0 saturated carbocycles. The molecule has 146 valence electrons. The van der Waals surface area contributed by atoms with Gasteiger partial charge in [0.25, 0.3) is 0 Å². The molecule has 0 spiro atoms. The first-order valence-corrected chi connectivity index (χ1v) is 10.1. The molecule has 0 aliphatic rings. The van der Waals surface area contributed by atoms with Crippen LogP contribution in [-0.4, -0.2) is 11.1 Å². The van der Waals surface area contributed by atoms with Gasteiger partial charge in [-0.2, -0.15) is 0 Å². The molecular formula is C24H38O2. The molecule has 26 heavy (non-hydrogen) atoms. The van der Waals surface area contributed by atoms with E-state index in [0.29, 0.717) is 18.3 Å². The monoisotopic (exact) mass is 358 g/mol. The lowest BCUT2D eigenvalue weighted by Gasteiger charge is -2.04. The summed E-state index contributed by atoms with van der Waals surface area (Å²) in [5, 5.41) is 8.59. The summed E-state index contributed by atoms with van der Waals surface area (Å²) >= 11 is 0. The summed E-state index contributed by atoms with van der Waals surface area (Å²) in [7, 11) is 0. The van der Waals surface area contributed by atoms with Gasteiger partial charge in [0.05, 0.1) is 0 Å². The number of carbonyl (C=O) groups is 1. The van der Waals surface area contributed by atoms with Gasteiger partial charge in [0, 0.05) is 6.42 Å². The minimum Gasteiger partial charge on any atom is -0.481 e. The van der Waals surface area contributed by atoms with Gasteiger partial charge >= 0.3 is 5.97 Å². The number of carboxylic acids is 1. The lowest BCUT2D eigenvalue weighted by Crippen LogP contribution is -1.94. The number of aliphatic carboxylic acids is 1. The zero-order chi connectivity index (χ0) is 19.5. The van der Waals surface area contributed by atoms with E-state index in [1.54, 1.807) is 0 Å². The van der Waals surface area contributed by atoms with E-state index in [1.807, 2.05) is 0 Å². The molecule has 2 unspecified atom stereocenters. The van der Waals surface area contributed by atoms with Crippen molar-refractivity contribution in [3.8, 4) is 0 Å². The van der Waals surface area contributed by atoms with Crippen molar-refractivity contribution in [1.29, 1.82) is 0 Å². The lowest BCUT2D eigenvalue weighted by molar-refractivity contribution is -0.137. The van der Waals surface area contributed by atoms with Crippen molar-refractivity contribution in [3.05, 3.63) is 60.8 Å². The van der Waals surface area contributed by atoms with Crippen LogP contribution in [0.15, 0.2) is 60.8 Å². The van der Waals surface area contributed by atoms with Crippen LogP contribution in [0.25, 0.3) is 0 Å². The van der Waals surface area contributed by atoms with Gasteiger partial charge in [0.15, 0.2) is 0 Å². The molecule has 0 amide bonds. The van der Waals surface area contributed by atoms with Gasteiger partial charge in [0.2, 0.25) is 0 Å². The highest BCUT2D eigenvalue weighted by Crippen LogP contribution is 2.11. The summed E-state index contributed by atoms with van der Waals surface area (Å²) in [5.41, 5.74) is 0. The molecule has 0 bridgehead atoms. The second-order valence-electron chi connectivity index (χ2n) is 6.92. The number of allylic oxidation sites excluding steroid dienone is 10. The molecule has 2 heteroatoms. The standard InChI is InChI=1S/C24H38O2/c1-4-5-12-17-22(2)18-13-9-7-6-8-10-14-19-23(3)20-15-11-16-21-24(25)26/h5,7-10,12-14,18-19,22-23H,4,6,11,15-17,20-21H2,1-3H3,(H,25,26)/b9-7-,10-8-,12-5-,18-13+,19-14+. The molecule has 0 aromatic heterocycles. The molecule has 0 radical (unpaired) electrons. The van der Waals surface area contributed by atoms with Crippen molar-refractivity contribution in [2.75, 3.05) is 0 Å². The van der Waals surface area contributed by atoms with Crippen LogP contribution in [0.2, 0.25) is 0 Å². The Morgan fingerprint density at radius 3 is 2.12 bits per heavy atom. The Labute approximate surface area is 161 Å². The largest absolute Gasteiger partial charge is 0.481 e. The van der Waals surface area contributed by atoms with E-state index in [2.05, 4.69) is 81.5 Å². The number of carboxylic acid groups (broad SMARTS) is 1. The zero-order valence-electron chi connectivity index (χ0n) is 16.9. The van der Waals surface area contributed by atoms with Gasteiger partial charge in [-0.25, -0.2) is 0 Å². The molecule has 0 aromatic rings. The summed E-state index contributed by atoms with van der Waals surface area (Å²) in [4.78, 5) is 10.4. The fraction of sp³-hybridized carbons (Fsp3) is 0.542. The highest BCUT2D eigenvalue weighted by atomic mass is 16.4. The average molecular weight is 359 g/mol. The van der Waals surface area contributed by atoms with Crippen LogP contribution >= 0.6 is 0 Å². The van der Waals surface area contributed by atoms with Crippen molar-refractivity contribution in [2.45, 2.75) is 72.1 Å². The van der Waals surface area contributed by atoms with Gasteiger partial charge in [0.1, 0.15) is 0 Å². The minimum atomic E-state index is -0.689. The van der Waals surface area contributed by atoms with Gasteiger partial charge in [-0.05, 0) is 43.9 Å². The number of hydrogen-bond donors (Lipinski definition) is 1. The fourth-order valence-electron chi connectivity index (χ4n) is 2.47. The Bertz CT molecular complexity index is 480. The molecule has 0 rings (SSSR count). The predicted molar refractivity (Wildman–Crippen MR) is 114 cm³/mol. The van der Waals surface area contributed by atoms with E-state index < -0.39 is 5.97 Å². The van der Waals surface area contributed by atoms with E-state index in [0.717, 1.165) is 44.9 Å². The number of hydrogen-bond acceptors (Lipinski definition) is 1. The van der Waals surface area contributed by atoms with Gasteiger partial charge in [-0.15, -0.1) is 0 Å². The third-order valence-corrected chi connectivity index (χ3v) is 4.11. The quantitative estimate of drug-likeness (QED) is 0.190. The van der Waals surface area contributed by atoms with Crippen molar-refractivity contribution >= 4 is 5.97 Å². The summed E-state index contributed by atoms with van der Waals surface area (Å²) in [6.45, 7) is 6.61. The van der Waals surface area contributed by atoms with Crippen LogP contribution in [0.4, 0.5) is 0 Å².